The highest BCUT2D eigenvalue weighted by Crippen LogP contribution is 2.42. The van der Waals surface area contributed by atoms with Gasteiger partial charge in [0.25, 0.3) is 0 Å². The Morgan fingerprint density at radius 3 is 2.06 bits per heavy atom. The van der Waals surface area contributed by atoms with Crippen LogP contribution in [0.4, 0.5) is 4.79 Å². The molecule has 0 unspecified atom stereocenters. The fourth-order valence-corrected chi connectivity index (χ4v) is 10.7. The minimum Gasteiger partial charge on any atom is -0.493 e. The number of aliphatic hydroxyl groups is 2. The summed E-state index contributed by atoms with van der Waals surface area (Å²) in [5.41, 5.74) is -3.27. The number of ketones is 1. The van der Waals surface area contributed by atoms with E-state index in [4.69, 9.17) is 52.1 Å². The number of nitrogens with zero attached hydrogens (tertiary/aromatic N) is 1. The third-order valence-corrected chi connectivity index (χ3v) is 14.8. The van der Waals surface area contributed by atoms with Crippen LogP contribution < -0.4 is 14.8 Å². The van der Waals surface area contributed by atoms with Crippen molar-refractivity contribution in [3.63, 3.8) is 0 Å². The highest BCUT2D eigenvalue weighted by Gasteiger charge is 2.55. The maximum Gasteiger partial charge on any atom is 0.407 e. The van der Waals surface area contributed by atoms with Gasteiger partial charge in [-0.15, -0.1) is 0 Å². The Morgan fingerprint density at radius 1 is 0.853 bits per heavy atom. The SMILES string of the molecule is CC[C@H]1OC(=O)[C@H](C)[C@@H](O[C@H]2C[C@@](C)(OC)[C@@H](OC(=O)NCCc3ccc(OC)c(OC)c3)[C@H](C)O2)[C@H](C)[C@@H](O[C@@H]2O[C@H](C)C[C@H](N(C)C)[C@H]2O)[C@](C)(OC)C[C@@H](C)C(=O)[C@H](C)[C@@H](OC)[C@]1(C)O. The van der Waals surface area contributed by atoms with Gasteiger partial charge in [0, 0.05) is 58.1 Å². The van der Waals surface area contributed by atoms with Gasteiger partial charge in [-0.2, -0.15) is 0 Å². The van der Waals surface area contributed by atoms with Crippen LogP contribution in [0, 0.1) is 23.7 Å². The lowest BCUT2D eigenvalue weighted by Crippen LogP contribution is -2.62. The van der Waals surface area contributed by atoms with Gasteiger partial charge in [0.2, 0.25) is 0 Å². The highest BCUT2D eigenvalue weighted by molar-refractivity contribution is 5.83. The highest BCUT2D eigenvalue weighted by atomic mass is 16.7. The number of cyclic esters (lactones) is 1. The Balaban J connectivity index is 1.72. The fraction of sp³-hybridized carbons (Fsp3) is 0.820. The molecule has 3 fully saturated rings. The topological polar surface area (TPSA) is 208 Å². The standard InChI is InChI=1S/C50H84N2O16/c1-18-37-50(10,57)43(60-15)29(4)39(53)27(2)25-48(8,61-16)42(67-46-40(54)34(52(11)12)23-28(3)63-46)30(5)41(31(6)45(55)65-37)66-38-26-49(9,62-17)44(32(7)64-38)68-47(56)51-22-21-33-19-20-35(58-13)36(24-33)59-14/h19-20,24,27-32,34,37-38,40-44,46,54,57H,18,21-23,25-26H2,1-17H3,(H,51,56)/t27-,28-,29+,30+,31-,32+,34+,37-,38+,40-,41+,42-,43-,44+,46+,48-,49-,50-/m1/s1. The van der Waals surface area contributed by atoms with Gasteiger partial charge in [0.1, 0.15) is 29.2 Å². The van der Waals surface area contributed by atoms with Crippen LogP contribution in [0.3, 0.4) is 0 Å². The largest absolute Gasteiger partial charge is 0.493 e. The normalized spacial score (nSPS) is 40.0. The lowest BCUT2D eigenvalue weighted by Gasteiger charge is -2.50. The van der Waals surface area contributed by atoms with Crippen molar-refractivity contribution in [2.75, 3.05) is 56.2 Å². The molecule has 0 aliphatic carbocycles. The first-order valence-electron chi connectivity index (χ1n) is 24.1. The molecule has 0 aromatic heterocycles. The number of alkyl carbamates (subject to hydrolysis) is 1. The van der Waals surface area contributed by atoms with Crippen LogP contribution >= 0.6 is 0 Å². The van der Waals surface area contributed by atoms with E-state index in [9.17, 15) is 24.6 Å². The van der Waals surface area contributed by atoms with E-state index in [2.05, 4.69) is 5.32 Å². The van der Waals surface area contributed by atoms with Crippen LogP contribution in [0.2, 0.25) is 0 Å². The van der Waals surface area contributed by atoms with Crippen LogP contribution in [-0.4, -0.2) is 173 Å². The summed E-state index contributed by atoms with van der Waals surface area (Å²) in [4.78, 5) is 44.3. The summed E-state index contributed by atoms with van der Waals surface area (Å²) in [6.45, 7) is 17.9. The van der Waals surface area contributed by atoms with E-state index < -0.39 is 108 Å². The van der Waals surface area contributed by atoms with Gasteiger partial charge in [-0.25, -0.2) is 4.79 Å². The zero-order chi connectivity index (χ0) is 51.1. The maximum atomic E-state index is 14.6. The van der Waals surface area contributed by atoms with E-state index >= 15 is 0 Å². The molecular formula is C50H84N2O16. The van der Waals surface area contributed by atoms with Gasteiger partial charge in [-0.1, -0.05) is 33.8 Å². The molecule has 3 aliphatic rings. The molecule has 4 rings (SSSR count). The molecule has 3 saturated heterocycles. The minimum absolute atomic E-state index is 0.0627. The summed E-state index contributed by atoms with van der Waals surface area (Å²) in [6, 6.07) is 5.23. The second kappa shape index (κ2) is 24.3. The van der Waals surface area contributed by atoms with Crippen LogP contribution in [-0.2, 0) is 58.6 Å². The first-order chi connectivity index (χ1) is 31.9. The van der Waals surface area contributed by atoms with Crippen LogP contribution in [0.15, 0.2) is 18.2 Å². The second-order valence-corrected chi connectivity index (χ2v) is 20.1. The third kappa shape index (κ3) is 13.0. The first kappa shape index (κ1) is 57.4. The van der Waals surface area contributed by atoms with Crippen molar-refractivity contribution in [3.8, 4) is 11.5 Å². The monoisotopic (exact) mass is 969 g/mol. The number of esters is 1. The molecule has 1 aromatic rings. The molecule has 3 aliphatic heterocycles. The maximum absolute atomic E-state index is 14.6. The van der Waals surface area contributed by atoms with Gasteiger partial charge in [-0.05, 0) is 99.0 Å². The number of ether oxygens (including phenoxy) is 11. The summed E-state index contributed by atoms with van der Waals surface area (Å²) in [5, 5.41) is 26.7. The number of amides is 1. The number of likely N-dealkylation sites (N-methyl/N-ethyl adjacent to an activating group) is 1. The summed E-state index contributed by atoms with van der Waals surface area (Å²) in [6.07, 6.45) is -8.58. The number of hydrogen-bond donors (Lipinski definition) is 3. The molecule has 1 amide bonds. The number of methoxy groups -OCH3 is 5. The van der Waals surface area contributed by atoms with E-state index in [1.807, 2.05) is 51.9 Å². The van der Waals surface area contributed by atoms with Crippen molar-refractivity contribution in [1.82, 2.24) is 10.2 Å². The minimum atomic E-state index is -1.78. The summed E-state index contributed by atoms with van der Waals surface area (Å²) in [7, 11) is 11.4. The van der Waals surface area contributed by atoms with Gasteiger partial charge < -0.3 is 72.5 Å². The molecule has 3 N–H and O–H groups in total. The first-order valence-corrected chi connectivity index (χ1v) is 24.1. The number of carbonyl (C=O) groups excluding carboxylic acids is 3. The predicted molar refractivity (Wildman–Crippen MR) is 251 cm³/mol. The molecule has 0 spiro atoms. The van der Waals surface area contributed by atoms with E-state index in [0.29, 0.717) is 24.3 Å². The average Bonchev–Trinajstić information content (AvgIpc) is 3.29. The Labute approximate surface area is 404 Å². The molecular weight excluding hydrogens is 885 g/mol. The van der Waals surface area contributed by atoms with Gasteiger partial charge in [0.15, 0.2) is 30.2 Å². The molecule has 68 heavy (non-hydrogen) atoms. The van der Waals surface area contributed by atoms with Crippen molar-refractivity contribution in [2.24, 2.45) is 23.7 Å². The number of benzene rings is 1. The fourth-order valence-electron chi connectivity index (χ4n) is 10.7. The zero-order valence-electron chi connectivity index (χ0n) is 43.7. The van der Waals surface area contributed by atoms with E-state index in [0.717, 1.165) is 5.56 Å². The van der Waals surface area contributed by atoms with E-state index in [1.54, 1.807) is 61.8 Å². The Bertz CT molecular complexity index is 1800. The number of carbonyl (C=O) groups is 3. The van der Waals surface area contributed by atoms with Crippen molar-refractivity contribution in [1.29, 1.82) is 0 Å². The molecule has 390 valence electrons. The predicted octanol–water partition coefficient (Wildman–Crippen LogP) is 5.09. The number of aliphatic hydroxyl groups excluding tert-OH is 1. The summed E-state index contributed by atoms with van der Waals surface area (Å²) in [5.74, 6) is -2.98. The zero-order valence-corrected chi connectivity index (χ0v) is 43.7. The lowest BCUT2D eigenvalue weighted by molar-refractivity contribution is -0.319. The van der Waals surface area contributed by atoms with Gasteiger partial charge >= 0.3 is 12.1 Å². The van der Waals surface area contributed by atoms with Gasteiger partial charge in [0.05, 0.1) is 56.3 Å². The molecule has 18 nitrogen and oxygen atoms in total. The molecule has 18 atom stereocenters. The average molecular weight is 969 g/mol. The number of Topliss-reactive ketones (excluding diaryl/α,β-unsaturated/α-hetero) is 1. The summed E-state index contributed by atoms with van der Waals surface area (Å²) < 4.78 is 68.0. The van der Waals surface area contributed by atoms with Crippen LogP contribution in [0.25, 0.3) is 0 Å². The quantitative estimate of drug-likeness (QED) is 0.196. The molecule has 0 saturated carbocycles. The van der Waals surface area contributed by atoms with E-state index in [1.165, 1.54) is 28.3 Å². The van der Waals surface area contributed by atoms with Crippen molar-refractivity contribution < 1.29 is 76.7 Å². The number of nitrogens with one attached hydrogen (secondary N) is 1. The van der Waals surface area contributed by atoms with Crippen molar-refractivity contribution in [2.45, 2.75) is 186 Å². The smallest absolute Gasteiger partial charge is 0.407 e. The molecule has 0 bridgehead atoms. The summed E-state index contributed by atoms with van der Waals surface area (Å²) >= 11 is 0. The van der Waals surface area contributed by atoms with E-state index in [-0.39, 0.29) is 43.7 Å². The number of rotatable bonds is 15. The van der Waals surface area contributed by atoms with Crippen molar-refractivity contribution in [3.05, 3.63) is 23.8 Å². The number of hydrogen-bond acceptors (Lipinski definition) is 17. The second-order valence-electron chi connectivity index (χ2n) is 20.1. The lowest BCUT2D eigenvalue weighted by atomic mass is 9.73. The van der Waals surface area contributed by atoms with Gasteiger partial charge in [-0.3, -0.25) is 9.59 Å². The third-order valence-electron chi connectivity index (χ3n) is 14.8. The Hall–Kier alpha value is -3.17. The van der Waals surface area contributed by atoms with Crippen molar-refractivity contribution >= 4 is 17.8 Å². The Morgan fingerprint density at radius 2 is 1.49 bits per heavy atom. The van der Waals surface area contributed by atoms with Crippen LogP contribution in [0.5, 0.6) is 11.5 Å². The molecule has 1 aromatic carbocycles. The molecule has 0 radical (unpaired) electrons. The van der Waals surface area contributed by atoms with Crippen LogP contribution in [0.1, 0.15) is 100 Å². The Kier molecular flexibility index (Phi) is 20.5. The molecule has 18 heteroatoms. The molecule has 3 heterocycles.